The first kappa shape index (κ1) is 15.1. The van der Waals surface area contributed by atoms with Crippen LogP contribution in [0.15, 0.2) is 59.8 Å². The summed E-state index contributed by atoms with van der Waals surface area (Å²) in [6.07, 6.45) is 6.72. The van der Waals surface area contributed by atoms with E-state index in [0.29, 0.717) is 16.2 Å². The molecule has 0 saturated carbocycles. The van der Waals surface area contributed by atoms with Crippen molar-refractivity contribution in [3.05, 3.63) is 59.8 Å². The van der Waals surface area contributed by atoms with Gasteiger partial charge in [-0.2, -0.15) is 0 Å². The van der Waals surface area contributed by atoms with Gasteiger partial charge in [-0.05, 0) is 30.2 Å². The van der Waals surface area contributed by atoms with Crippen LogP contribution in [-0.2, 0) is 10.0 Å². The van der Waals surface area contributed by atoms with Crippen LogP contribution in [0.5, 0.6) is 0 Å². The number of hydrogen-bond donors (Lipinski definition) is 1. The van der Waals surface area contributed by atoms with E-state index in [1.807, 2.05) is 25.1 Å². The molecule has 6 heteroatoms. The number of halogens is 1. The third-order valence-electron chi connectivity index (χ3n) is 3.64. The average Bonchev–Trinajstić information content (AvgIpc) is 2.50. The fraction of sp³-hybridized carbons (Fsp3) is 0.188. The Morgan fingerprint density at radius 3 is 2.82 bits per heavy atom. The van der Waals surface area contributed by atoms with Gasteiger partial charge in [0.05, 0.1) is 11.2 Å². The SMILES string of the molecule is CC1C=CC(Cl)=CC1S(=O)(=O)Nc1cccc2cccnc12. The summed E-state index contributed by atoms with van der Waals surface area (Å²) in [5, 5.41) is 0.612. The van der Waals surface area contributed by atoms with Crippen molar-refractivity contribution in [3.63, 3.8) is 0 Å². The molecule has 1 aliphatic carbocycles. The monoisotopic (exact) mass is 334 g/mol. The predicted octanol–water partition coefficient (Wildman–Crippen LogP) is 3.67. The van der Waals surface area contributed by atoms with Gasteiger partial charge in [0.25, 0.3) is 0 Å². The Kier molecular flexibility index (Phi) is 3.93. The maximum absolute atomic E-state index is 12.7. The molecule has 1 aromatic heterocycles. The third kappa shape index (κ3) is 2.87. The lowest BCUT2D eigenvalue weighted by Crippen LogP contribution is -2.32. The summed E-state index contributed by atoms with van der Waals surface area (Å²) in [4.78, 5) is 4.26. The number of nitrogens with zero attached hydrogens (tertiary/aromatic N) is 1. The average molecular weight is 335 g/mol. The number of aromatic nitrogens is 1. The van der Waals surface area contributed by atoms with Crippen LogP contribution in [0, 0.1) is 5.92 Å². The lowest BCUT2D eigenvalue weighted by atomic mass is 10.0. The highest BCUT2D eigenvalue weighted by molar-refractivity contribution is 7.93. The molecule has 1 N–H and O–H groups in total. The number of anilines is 1. The van der Waals surface area contributed by atoms with Gasteiger partial charge in [-0.1, -0.05) is 42.8 Å². The van der Waals surface area contributed by atoms with Crippen molar-refractivity contribution in [2.45, 2.75) is 12.2 Å². The highest BCUT2D eigenvalue weighted by Gasteiger charge is 2.30. The van der Waals surface area contributed by atoms with Gasteiger partial charge in [-0.15, -0.1) is 0 Å². The normalized spacial score (nSPS) is 21.6. The van der Waals surface area contributed by atoms with Crippen LogP contribution in [0.4, 0.5) is 5.69 Å². The Morgan fingerprint density at radius 1 is 1.23 bits per heavy atom. The van der Waals surface area contributed by atoms with Gasteiger partial charge in [0, 0.05) is 16.6 Å². The summed E-state index contributed by atoms with van der Waals surface area (Å²) in [5.41, 5.74) is 1.10. The molecule has 3 rings (SSSR count). The molecule has 2 aromatic rings. The first-order valence-electron chi connectivity index (χ1n) is 6.88. The largest absolute Gasteiger partial charge is 0.281 e. The van der Waals surface area contributed by atoms with Gasteiger partial charge in [0.2, 0.25) is 10.0 Å². The van der Waals surface area contributed by atoms with E-state index in [1.54, 1.807) is 36.6 Å². The molecule has 0 aliphatic heterocycles. The fourth-order valence-corrected chi connectivity index (χ4v) is 4.37. The van der Waals surface area contributed by atoms with E-state index < -0.39 is 15.3 Å². The zero-order valence-electron chi connectivity index (χ0n) is 11.9. The topological polar surface area (TPSA) is 59.1 Å². The van der Waals surface area contributed by atoms with E-state index in [1.165, 1.54) is 0 Å². The van der Waals surface area contributed by atoms with Crippen molar-refractivity contribution in [2.24, 2.45) is 5.92 Å². The first-order chi connectivity index (χ1) is 10.5. The van der Waals surface area contributed by atoms with Crippen LogP contribution >= 0.6 is 11.6 Å². The van der Waals surface area contributed by atoms with Crippen LogP contribution < -0.4 is 4.72 Å². The Labute approximate surface area is 134 Å². The number of sulfonamides is 1. The van der Waals surface area contributed by atoms with E-state index >= 15 is 0 Å². The molecule has 1 heterocycles. The van der Waals surface area contributed by atoms with Gasteiger partial charge in [0.1, 0.15) is 5.25 Å². The number of benzene rings is 1. The van der Waals surface area contributed by atoms with Gasteiger partial charge in [-0.25, -0.2) is 8.42 Å². The molecule has 2 atom stereocenters. The van der Waals surface area contributed by atoms with Gasteiger partial charge >= 0.3 is 0 Å². The maximum Gasteiger partial charge on any atom is 0.239 e. The van der Waals surface area contributed by atoms with E-state index in [9.17, 15) is 8.42 Å². The quantitative estimate of drug-likeness (QED) is 0.931. The molecular weight excluding hydrogens is 320 g/mol. The maximum atomic E-state index is 12.7. The standard InChI is InChI=1S/C16H15ClN2O2S/c1-11-7-8-13(17)10-15(11)22(20,21)19-14-6-2-4-12-5-3-9-18-16(12)14/h2-11,15,19H,1H3. The number of nitrogens with one attached hydrogen (secondary N) is 1. The lowest BCUT2D eigenvalue weighted by molar-refractivity contribution is 0.577. The second-order valence-corrected chi connectivity index (χ2v) is 7.54. The van der Waals surface area contributed by atoms with Crippen molar-refractivity contribution >= 4 is 38.2 Å². The summed E-state index contributed by atoms with van der Waals surface area (Å²) in [5.74, 6) is -0.150. The molecule has 1 aliphatic rings. The number of rotatable bonds is 3. The number of allylic oxidation sites excluding steroid dienone is 3. The lowest BCUT2D eigenvalue weighted by Gasteiger charge is -2.22. The van der Waals surface area contributed by atoms with Crippen LogP contribution in [0.3, 0.4) is 0 Å². The Hall–Kier alpha value is -1.85. The minimum atomic E-state index is -3.61. The van der Waals surface area contributed by atoms with Crippen molar-refractivity contribution in [3.8, 4) is 0 Å². The fourth-order valence-electron chi connectivity index (χ4n) is 2.50. The Balaban J connectivity index is 1.99. The third-order valence-corrected chi connectivity index (χ3v) is 5.68. The molecule has 1 aromatic carbocycles. The van der Waals surface area contributed by atoms with Crippen molar-refractivity contribution in [2.75, 3.05) is 4.72 Å². The first-order valence-corrected chi connectivity index (χ1v) is 8.81. The molecule has 0 bridgehead atoms. The van der Waals surface area contributed by atoms with Gasteiger partial charge in [0.15, 0.2) is 0 Å². The zero-order chi connectivity index (χ0) is 15.7. The second kappa shape index (κ2) is 5.74. The molecule has 22 heavy (non-hydrogen) atoms. The minimum absolute atomic E-state index is 0.150. The number of fused-ring (bicyclic) bond motifs is 1. The van der Waals surface area contributed by atoms with E-state index in [2.05, 4.69) is 9.71 Å². The van der Waals surface area contributed by atoms with Crippen LogP contribution in [0.25, 0.3) is 10.9 Å². The highest BCUT2D eigenvalue weighted by Crippen LogP contribution is 2.28. The van der Waals surface area contributed by atoms with Crippen molar-refractivity contribution in [1.82, 2.24) is 4.98 Å². The molecule has 0 amide bonds. The summed E-state index contributed by atoms with van der Waals surface area (Å²) in [7, 11) is -3.61. The van der Waals surface area contributed by atoms with Crippen LogP contribution in [0.2, 0.25) is 0 Å². The van der Waals surface area contributed by atoms with Crippen molar-refractivity contribution in [1.29, 1.82) is 0 Å². The second-order valence-electron chi connectivity index (χ2n) is 5.26. The van der Waals surface area contributed by atoms with Gasteiger partial charge in [-0.3, -0.25) is 9.71 Å². The number of pyridine rings is 1. The molecule has 114 valence electrons. The number of para-hydroxylation sites is 1. The molecule has 2 unspecified atom stereocenters. The minimum Gasteiger partial charge on any atom is -0.281 e. The van der Waals surface area contributed by atoms with Crippen LogP contribution in [0.1, 0.15) is 6.92 Å². The Bertz CT molecular complexity index is 869. The summed E-state index contributed by atoms with van der Waals surface area (Å²) in [6.45, 7) is 1.85. The van der Waals surface area contributed by atoms with E-state index in [0.717, 1.165) is 5.39 Å². The molecule has 0 saturated heterocycles. The van der Waals surface area contributed by atoms with Crippen molar-refractivity contribution < 1.29 is 8.42 Å². The van der Waals surface area contributed by atoms with Gasteiger partial charge < -0.3 is 0 Å². The Morgan fingerprint density at radius 2 is 2.00 bits per heavy atom. The summed E-state index contributed by atoms with van der Waals surface area (Å²) in [6, 6.07) is 9.11. The summed E-state index contributed by atoms with van der Waals surface area (Å²) < 4.78 is 28.0. The smallest absolute Gasteiger partial charge is 0.239 e. The molecule has 0 spiro atoms. The molecule has 0 fully saturated rings. The van der Waals surface area contributed by atoms with E-state index in [-0.39, 0.29) is 5.92 Å². The summed E-state index contributed by atoms with van der Waals surface area (Å²) >= 11 is 5.95. The van der Waals surface area contributed by atoms with E-state index in [4.69, 9.17) is 11.6 Å². The molecule has 0 radical (unpaired) electrons. The highest BCUT2D eigenvalue weighted by atomic mass is 35.5. The molecular formula is C16H15ClN2O2S. The predicted molar refractivity (Wildman–Crippen MR) is 90.3 cm³/mol. The zero-order valence-corrected chi connectivity index (χ0v) is 13.5. The van der Waals surface area contributed by atoms with Crippen LogP contribution in [-0.4, -0.2) is 18.7 Å². The molecule has 4 nitrogen and oxygen atoms in total. The number of hydrogen-bond acceptors (Lipinski definition) is 3.